The van der Waals surface area contributed by atoms with Crippen molar-refractivity contribution in [3.05, 3.63) is 70.2 Å². The van der Waals surface area contributed by atoms with E-state index >= 15 is 0 Å². The lowest BCUT2D eigenvalue weighted by molar-refractivity contribution is -0.123. The minimum Gasteiger partial charge on any atom is -0.349 e. The normalized spacial score (nSPS) is 18.4. The molecule has 0 fully saturated rings. The molecular formula is C19H20ClNO. The predicted molar refractivity (Wildman–Crippen MR) is 90.1 cm³/mol. The molecule has 3 rings (SSSR count). The third kappa shape index (κ3) is 3.17. The molecule has 2 nitrogen and oxygen atoms in total. The van der Waals surface area contributed by atoms with E-state index in [0.29, 0.717) is 5.02 Å². The summed E-state index contributed by atoms with van der Waals surface area (Å²) in [7, 11) is 0. The summed E-state index contributed by atoms with van der Waals surface area (Å²) in [6, 6.07) is 15.9. The molecule has 2 atom stereocenters. The highest BCUT2D eigenvalue weighted by atomic mass is 35.5. The third-order valence-corrected chi connectivity index (χ3v) is 4.67. The van der Waals surface area contributed by atoms with Crippen molar-refractivity contribution in [3.8, 4) is 0 Å². The first-order chi connectivity index (χ1) is 10.6. The molecule has 0 bridgehead atoms. The van der Waals surface area contributed by atoms with E-state index in [4.69, 9.17) is 11.6 Å². The van der Waals surface area contributed by atoms with Gasteiger partial charge in [0, 0.05) is 5.02 Å². The molecular weight excluding hydrogens is 294 g/mol. The Labute approximate surface area is 136 Å². The van der Waals surface area contributed by atoms with Gasteiger partial charge in [-0.2, -0.15) is 0 Å². The van der Waals surface area contributed by atoms with Crippen molar-refractivity contribution in [2.24, 2.45) is 0 Å². The molecule has 0 unspecified atom stereocenters. The lowest BCUT2D eigenvalue weighted by Gasteiger charge is -2.26. The fourth-order valence-corrected chi connectivity index (χ4v) is 3.30. The summed E-state index contributed by atoms with van der Waals surface area (Å²) < 4.78 is 0. The number of nitrogens with one attached hydrogen (secondary N) is 1. The smallest absolute Gasteiger partial charge is 0.228 e. The number of carbonyl (C=O) groups is 1. The Morgan fingerprint density at radius 1 is 1.18 bits per heavy atom. The van der Waals surface area contributed by atoms with Crippen LogP contribution in [0.15, 0.2) is 48.5 Å². The van der Waals surface area contributed by atoms with Gasteiger partial charge in [-0.25, -0.2) is 0 Å². The Morgan fingerprint density at radius 3 is 2.68 bits per heavy atom. The zero-order valence-electron chi connectivity index (χ0n) is 12.7. The summed E-state index contributed by atoms with van der Waals surface area (Å²) in [6.45, 7) is 2.01. The molecule has 1 amide bonds. The molecule has 1 aliphatic carbocycles. The van der Waals surface area contributed by atoms with E-state index in [1.54, 1.807) is 0 Å². The Balaban J connectivity index is 1.74. The van der Waals surface area contributed by atoms with Crippen LogP contribution in [0.3, 0.4) is 0 Å². The van der Waals surface area contributed by atoms with E-state index in [9.17, 15) is 4.79 Å². The molecule has 2 aromatic rings. The number of amides is 1. The topological polar surface area (TPSA) is 29.1 Å². The molecule has 0 aliphatic heterocycles. The maximum atomic E-state index is 12.7. The van der Waals surface area contributed by atoms with Gasteiger partial charge in [0.1, 0.15) is 0 Å². The molecule has 1 N–H and O–H groups in total. The second kappa shape index (κ2) is 6.53. The largest absolute Gasteiger partial charge is 0.349 e. The molecule has 0 saturated heterocycles. The van der Waals surface area contributed by atoms with Crippen LogP contribution >= 0.6 is 11.6 Å². The lowest BCUT2D eigenvalue weighted by Crippen LogP contribution is -2.33. The molecule has 0 aromatic heterocycles. The number of carbonyl (C=O) groups excluding carboxylic acids is 1. The Morgan fingerprint density at radius 2 is 1.91 bits per heavy atom. The average molecular weight is 314 g/mol. The average Bonchev–Trinajstić information content (AvgIpc) is 2.54. The molecule has 0 radical (unpaired) electrons. The first-order valence-electron chi connectivity index (χ1n) is 7.79. The van der Waals surface area contributed by atoms with Gasteiger partial charge in [-0.1, -0.05) is 48.0 Å². The SMILES string of the molecule is C[C@H](NC(=O)[C@@H]1CCCc2ccccc21)c1ccc(Cl)cc1. The van der Waals surface area contributed by atoms with E-state index in [0.717, 1.165) is 24.8 Å². The summed E-state index contributed by atoms with van der Waals surface area (Å²) in [4.78, 5) is 12.7. The maximum absolute atomic E-state index is 12.7. The zero-order valence-corrected chi connectivity index (χ0v) is 13.4. The van der Waals surface area contributed by atoms with Crippen LogP contribution in [0.2, 0.25) is 5.02 Å². The van der Waals surface area contributed by atoms with Crippen molar-refractivity contribution in [3.63, 3.8) is 0 Å². The van der Waals surface area contributed by atoms with E-state index < -0.39 is 0 Å². The minimum absolute atomic E-state index is 0.0149. The van der Waals surface area contributed by atoms with Gasteiger partial charge in [0.25, 0.3) is 0 Å². The molecule has 0 saturated carbocycles. The Bertz CT molecular complexity index is 665. The standard InChI is InChI=1S/C19H20ClNO/c1-13(14-9-11-16(20)12-10-14)21-19(22)18-8-4-6-15-5-2-3-7-17(15)18/h2-3,5,7,9-13,18H,4,6,8H2,1H3,(H,21,22)/t13-,18+/m0/s1. The van der Waals surface area contributed by atoms with Gasteiger partial charge in [0.05, 0.1) is 12.0 Å². The van der Waals surface area contributed by atoms with E-state index in [2.05, 4.69) is 23.5 Å². The Hall–Kier alpha value is -1.80. The van der Waals surface area contributed by atoms with Crippen LogP contribution in [0.5, 0.6) is 0 Å². The van der Waals surface area contributed by atoms with Crippen LogP contribution in [-0.2, 0) is 11.2 Å². The van der Waals surface area contributed by atoms with Crippen molar-refractivity contribution in [2.45, 2.75) is 38.1 Å². The van der Waals surface area contributed by atoms with Crippen LogP contribution < -0.4 is 5.32 Å². The number of benzene rings is 2. The molecule has 0 spiro atoms. The number of hydrogen-bond donors (Lipinski definition) is 1. The van der Waals surface area contributed by atoms with Gasteiger partial charge in [0.15, 0.2) is 0 Å². The fourth-order valence-electron chi connectivity index (χ4n) is 3.18. The van der Waals surface area contributed by atoms with Crippen molar-refractivity contribution >= 4 is 17.5 Å². The molecule has 22 heavy (non-hydrogen) atoms. The third-order valence-electron chi connectivity index (χ3n) is 4.41. The summed E-state index contributed by atoms with van der Waals surface area (Å²) in [5.74, 6) is 0.0919. The van der Waals surface area contributed by atoms with Gasteiger partial charge in [-0.3, -0.25) is 4.79 Å². The molecule has 0 heterocycles. The van der Waals surface area contributed by atoms with E-state index in [1.165, 1.54) is 11.1 Å². The highest BCUT2D eigenvalue weighted by molar-refractivity contribution is 6.30. The molecule has 3 heteroatoms. The number of halogens is 1. The van der Waals surface area contributed by atoms with E-state index in [-0.39, 0.29) is 17.9 Å². The van der Waals surface area contributed by atoms with Gasteiger partial charge in [-0.05, 0) is 55.0 Å². The van der Waals surface area contributed by atoms with Crippen molar-refractivity contribution in [2.75, 3.05) is 0 Å². The van der Waals surface area contributed by atoms with Crippen molar-refractivity contribution < 1.29 is 4.79 Å². The van der Waals surface area contributed by atoms with Gasteiger partial charge < -0.3 is 5.32 Å². The molecule has 1 aliphatic rings. The number of fused-ring (bicyclic) bond motifs is 1. The van der Waals surface area contributed by atoms with Gasteiger partial charge >= 0.3 is 0 Å². The molecule has 114 valence electrons. The number of rotatable bonds is 3. The summed E-state index contributed by atoms with van der Waals surface area (Å²) in [5, 5.41) is 3.86. The van der Waals surface area contributed by atoms with Gasteiger partial charge in [0.2, 0.25) is 5.91 Å². The summed E-state index contributed by atoms with van der Waals surface area (Å²) in [5.41, 5.74) is 3.57. The van der Waals surface area contributed by atoms with E-state index in [1.807, 2.05) is 37.3 Å². The van der Waals surface area contributed by atoms with Crippen LogP contribution in [0, 0.1) is 0 Å². The fraction of sp³-hybridized carbons (Fsp3) is 0.316. The first-order valence-corrected chi connectivity index (χ1v) is 8.16. The van der Waals surface area contributed by atoms with Gasteiger partial charge in [-0.15, -0.1) is 0 Å². The highest BCUT2D eigenvalue weighted by Gasteiger charge is 2.27. The predicted octanol–water partition coefficient (Wildman–Crippen LogP) is 4.64. The monoisotopic (exact) mass is 313 g/mol. The quantitative estimate of drug-likeness (QED) is 0.879. The summed E-state index contributed by atoms with van der Waals surface area (Å²) >= 11 is 5.91. The van der Waals surface area contributed by atoms with Crippen LogP contribution in [0.4, 0.5) is 0 Å². The van der Waals surface area contributed by atoms with Crippen LogP contribution in [0.25, 0.3) is 0 Å². The Kier molecular flexibility index (Phi) is 4.49. The van der Waals surface area contributed by atoms with Crippen LogP contribution in [-0.4, -0.2) is 5.91 Å². The highest BCUT2D eigenvalue weighted by Crippen LogP contribution is 2.32. The van der Waals surface area contributed by atoms with Crippen molar-refractivity contribution in [1.82, 2.24) is 5.32 Å². The van der Waals surface area contributed by atoms with Crippen molar-refractivity contribution in [1.29, 1.82) is 0 Å². The number of aryl methyl sites for hydroxylation is 1. The first kappa shape index (κ1) is 15.1. The minimum atomic E-state index is -0.0281. The lowest BCUT2D eigenvalue weighted by atomic mass is 9.82. The molecule has 2 aromatic carbocycles. The second-order valence-corrected chi connectivity index (χ2v) is 6.36. The maximum Gasteiger partial charge on any atom is 0.228 e. The second-order valence-electron chi connectivity index (χ2n) is 5.93. The summed E-state index contributed by atoms with van der Waals surface area (Å²) in [6.07, 6.45) is 3.08. The number of hydrogen-bond acceptors (Lipinski definition) is 1. The van der Waals surface area contributed by atoms with Crippen LogP contribution in [0.1, 0.15) is 48.4 Å². The zero-order chi connectivity index (χ0) is 15.5.